The Morgan fingerprint density at radius 2 is 2.15 bits per heavy atom. The van der Waals surface area contributed by atoms with Gasteiger partial charge in [-0.1, -0.05) is 11.6 Å². The zero-order valence-electron chi connectivity index (χ0n) is 14.8. The number of amides is 1. The summed E-state index contributed by atoms with van der Waals surface area (Å²) in [7, 11) is 0. The second kappa shape index (κ2) is 8.52. The van der Waals surface area contributed by atoms with E-state index in [9.17, 15) is 13.6 Å². The summed E-state index contributed by atoms with van der Waals surface area (Å²) < 4.78 is 31.8. The Kier molecular flexibility index (Phi) is 6.11. The van der Waals surface area contributed by atoms with Crippen molar-refractivity contribution < 1.29 is 18.3 Å². The van der Waals surface area contributed by atoms with Crippen molar-refractivity contribution in [1.82, 2.24) is 10.3 Å². The van der Waals surface area contributed by atoms with E-state index in [1.165, 1.54) is 6.07 Å². The molecule has 1 aromatic heterocycles. The summed E-state index contributed by atoms with van der Waals surface area (Å²) in [5.74, 6) is -1.55. The second-order valence-corrected chi connectivity index (χ2v) is 6.73. The van der Waals surface area contributed by atoms with Crippen LogP contribution in [0.2, 0.25) is 5.02 Å². The smallest absolute Gasteiger partial charge is 0.271 e. The molecule has 0 aliphatic carbocycles. The first-order valence-corrected chi connectivity index (χ1v) is 9.13. The third-order valence-electron chi connectivity index (χ3n) is 4.43. The van der Waals surface area contributed by atoms with Gasteiger partial charge in [0.05, 0.1) is 11.6 Å². The highest BCUT2D eigenvalue weighted by molar-refractivity contribution is 6.33. The second-order valence-electron chi connectivity index (χ2n) is 6.32. The fourth-order valence-electron chi connectivity index (χ4n) is 3.05. The van der Waals surface area contributed by atoms with Crippen LogP contribution < -0.4 is 15.0 Å². The number of anilines is 1. The maximum Gasteiger partial charge on any atom is 0.271 e. The summed E-state index contributed by atoms with van der Waals surface area (Å²) in [4.78, 5) is 18.5. The van der Waals surface area contributed by atoms with Crippen LogP contribution in [0.15, 0.2) is 30.3 Å². The number of halogens is 3. The van der Waals surface area contributed by atoms with Crippen LogP contribution in [0.5, 0.6) is 5.88 Å². The molecule has 1 atom stereocenters. The average molecular weight is 396 g/mol. The Hall–Kier alpha value is -2.41. The van der Waals surface area contributed by atoms with Crippen molar-refractivity contribution in [1.29, 1.82) is 0 Å². The molecule has 0 saturated carbocycles. The summed E-state index contributed by atoms with van der Waals surface area (Å²) in [6.07, 6.45) is 0.833. The minimum Gasteiger partial charge on any atom is -0.478 e. The standard InChI is InChI=1S/C19H20ClF2N3O2/c1-2-27-17-6-4-14(20)18(24-17)19(26)23-10-12-7-8-25(11-12)13-3-5-15(21)16(22)9-13/h3-6,9,12H,2,7-8,10-11H2,1H3,(H,23,26). The maximum atomic E-state index is 13.4. The van der Waals surface area contributed by atoms with Crippen molar-refractivity contribution in [3.63, 3.8) is 0 Å². The first kappa shape index (κ1) is 19.4. The van der Waals surface area contributed by atoms with Crippen molar-refractivity contribution in [2.45, 2.75) is 13.3 Å². The summed E-state index contributed by atoms with van der Waals surface area (Å²) in [6, 6.07) is 7.06. The van der Waals surface area contributed by atoms with Crippen molar-refractivity contribution in [3.8, 4) is 5.88 Å². The molecule has 2 aromatic rings. The minimum absolute atomic E-state index is 0.123. The fourth-order valence-corrected chi connectivity index (χ4v) is 3.24. The van der Waals surface area contributed by atoms with Crippen molar-refractivity contribution >= 4 is 23.2 Å². The first-order chi connectivity index (χ1) is 13.0. The number of nitrogens with one attached hydrogen (secondary N) is 1. The number of rotatable bonds is 6. The van der Waals surface area contributed by atoms with E-state index in [2.05, 4.69) is 10.3 Å². The highest BCUT2D eigenvalue weighted by Crippen LogP contribution is 2.25. The molecule has 5 nitrogen and oxygen atoms in total. The maximum absolute atomic E-state index is 13.4. The lowest BCUT2D eigenvalue weighted by molar-refractivity contribution is 0.0942. The van der Waals surface area contributed by atoms with Crippen LogP contribution >= 0.6 is 11.6 Å². The highest BCUT2D eigenvalue weighted by atomic mass is 35.5. The summed E-state index contributed by atoms with van der Waals surface area (Å²) >= 11 is 6.06. The first-order valence-electron chi connectivity index (χ1n) is 8.75. The third kappa shape index (κ3) is 4.66. The fraction of sp³-hybridized carbons (Fsp3) is 0.368. The molecule has 1 fully saturated rings. The Morgan fingerprint density at radius 3 is 2.89 bits per heavy atom. The van der Waals surface area contributed by atoms with Gasteiger partial charge in [-0.25, -0.2) is 13.8 Å². The minimum atomic E-state index is -0.862. The zero-order chi connectivity index (χ0) is 19.4. The molecule has 3 rings (SSSR count). The van der Waals surface area contributed by atoms with Gasteiger partial charge in [0.2, 0.25) is 5.88 Å². The van der Waals surface area contributed by atoms with Gasteiger partial charge in [-0.2, -0.15) is 0 Å². The molecule has 1 saturated heterocycles. The van der Waals surface area contributed by atoms with Gasteiger partial charge in [0.1, 0.15) is 0 Å². The van der Waals surface area contributed by atoms with E-state index in [0.29, 0.717) is 37.8 Å². The zero-order valence-corrected chi connectivity index (χ0v) is 15.6. The average Bonchev–Trinajstić information content (AvgIpc) is 3.13. The van der Waals surface area contributed by atoms with E-state index in [1.807, 2.05) is 11.8 Å². The van der Waals surface area contributed by atoms with Gasteiger partial charge in [-0.05, 0) is 37.5 Å². The molecular weight excluding hydrogens is 376 g/mol. The number of carbonyl (C=O) groups is 1. The van der Waals surface area contributed by atoms with E-state index in [4.69, 9.17) is 16.3 Å². The van der Waals surface area contributed by atoms with Gasteiger partial charge in [-0.3, -0.25) is 4.79 Å². The number of aromatic nitrogens is 1. The molecule has 1 aromatic carbocycles. The van der Waals surface area contributed by atoms with Crippen LogP contribution in [0, 0.1) is 17.6 Å². The molecule has 1 unspecified atom stereocenters. The van der Waals surface area contributed by atoms with E-state index in [0.717, 1.165) is 12.5 Å². The SMILES string of the molecule is CCOc1ccc(Cl)c(C(=O)NCC2CCN(c3ccc(F)c(F)c3)C2)n1. The molecular formula is C19H20ClF2N3O2. The Balaban J connectivity index is 1.57. The van der Waals surface area contributed by atoms with Crippen LogP contribution in [-0.4, -0.2) is 37.1 Å². The van der Waals surface area contributed by atoms with E-state index >= 15 is 0 Å². The molecule has 1 aliphatic heterocycles. The molecule has 0 radical (unpaired) electrons. The van der Waals surface area contributed by atoms with Crippen LogP contribution in [-0.2, 0) is 0 Å². The summed E-state index contributed by atoms with van der Waals surface area (Å²) in [5.41, 5.74) is 0.759. The Bertz CT molecular complexity index is 835. The van der Waals surface area contributed by atoms with Crippen LogP contribution in [0.3, 0.4) is 0 Å². The molecule has 8 heteroatoms. The van der Waals surface area contributed by atoms with E-state index < -0.39 is 11.6 Å². The lowest BCUT2D eigenvalue weighted by Gasteiger charge is -2.19. The molecule has 0 spiro atoms. The predicted octanol–water partition coefficient (Wildman–Crippen LogP) is 3.67. The highest BCUT2D eigenvalue weighted by Gasteiger charge is 2.24. The lowest BCUT2D eigenvalue weighted by Crippen LogP contribution is -2.31. The van der Waals surface area contributed by atoms with Gasteiger partial charge in [-0.15, -0.1) is 0 Å². The quantitative estimate of drug-likeness (QED) is 0.810. The van der Waals surface area contributed by atoms with Crippen molar-refractivity contribution in [2.75, 3.05) is 31.1 Å². The molecule has 144 valence electrons. The molecule has 0 bridgehead atoms. The van der Waals surface area contributed by atoms with Gasteiger partial charge in [0.25, 0.3) is 5.91 Å². The van der Waals surface area contributed by atoms with E-state index in [-0.39, 0.29) is 22.5 Å². The van der Waals surface area contributed by atoms with Gasteiger partial charge in [0.15, 0.2) is 17.3 Å². The number of hydrogen-bond donors (Lipinski definition) is 1. The van der Waals surface area contributed by atoms with E-state index in [1.54, 1.807) is 18.2 Å². The Labute approximate surface area is 161 Å². The van der Waals surface area contributed by atoms with Crippen molar-refractivity contribution in [3.05, 3.63) is 52.7 Å². The van der Waals surface area contributed by atoms with Gasteiger partial charge < -0.3 is 15.0 Å². The van der Waals surface area contributed by atoms with Crippen LogP contribution in [0.1, 0.15) is 23.8 Å². The molecule has 1 aliphatic rings. The lowest BCUT2D eigenvalue weighted by atomic mass is 10.1. The number of ether oxygens (including phenoxy) is 1. The number of pyridine rings is 1. The number of benzene rings is 1. The summed E-state index contributed by atoms with van der Waals surface area (Å²) in [5, 5.41) is 3.10. The molecule has 27 heavy (non-hydrogen) atoms. The predicted molar refractivity (Wildman–Crippen MR) is 99.4 cm³/mol. The Morgan fingerprint density at radius 1 is 1.33 bits per heavy atom. The van der Waals surface area contributed by atoms with Gasteiger partial charge >= 0.3 is 0 Å². The number of hydrogen-bond acceptors (Lipinski definition) is 4. The largest absolute Gasteiger partial charge is 0.478 e. The van der Waals surface area contributed by atoms with Crippen LogP contribution in [0.25, 0.3) is 0 Å². The molecule has 1 amide bonds. The van der Waals surface area contributed by atoms with Gasteiger partial charge in [0, 0.05) is 37.5 Å². The number of carbonyl (C=O) groups excluding carboxylic acids is 1. The monoisotopic (exact) mass is 395 g/mol. The number of nitrogens with zero attached hydrogens (tertiary/aromatic N) is 2. The van der Waals surface area contributed by atoms with Crippen molar-refractivity contribution in [2.24, 2.45) is 5.92 Å². The third-order valence-corrected chi connectivity index (χ3v) is 4.74. The summed E-state index contributed by atoms with van der Waals surface area (Å²) in [6.45, 7) is 4.07. The topological polar surface area (TPSA) is 54.5 Å². The van der Waals surface area contributed by atoms with Crippen LogP contribution in [0.4, 0.5) is 14.5 Å². The molecule has 1 N–H and O–H groups in total. The molecule has 2 heterocycles. The normalized spacial score (nSPS) is 16.4.